The second-order valence-electron chi connectivity index (χ2n) is 7.49. The Kier molecular flexibility index (Phi) is 3.72. The van der Waals surface area contributed by atoms with Gasteiger partial charge in [-0.05, 0) is 31.4 Å². The third-order valence-electron chi connectivity index (χ3n) is 5.37. The summed E-state index contributed by atoms with van der Waals surface area (Å²) in [4.78, 5) is 12.9. The first kappa shape index (κ1) is 17.2. The van der Waals surface area contributed by atoms with Crippen LogP contribution in [0.4, 0.5) is 19.1 Å². The summed E-state index contributed by atoms with van der Waals surface area (Å²) in [5.74, 6) is -2.60. The molecule has 5 nitrogen and oxygen atoms in total. The zero-order valence-electron chi connectivity index (χ0n) is 15.2. The Morgan fingerprint density at radius 1 is 1.25 bits per heavy atom. The van der Waals surface area contributed by atoms with Crippen LogP contribution in [0.2, 0.25) is 0 Å². The second kappa shape index (κ2) is 6.05. The maximum atomic E-state index is 14.5. The number of pyridine rings is 1. The highest BCUT2D eigenvalue weighted by Crippen LogP contribution is 2.39. The Hall–Kier alpha value is -2.90. The highest BCUT2D eigenvalue weighted by molar-refractivity contribution is 5.82. The quantitative estimate of drug-likeness (QED) is 0.708. The highest BCUT2D eigenvalue weighted by atomic mass is 19.3. The lowest BCUT2D eigenvalue weighted by Crippen LogP contribution is -2.44. The molecule has 28 heavy (non-hydrogen) atoms. The first-order chi connectivity index (χ1) is 13.4. The SMILES string of the molecule is Cc1cnc2c(F)cc(C3=CCCc4nc(NC5CC(F)(F)C5)ncc43)cn12.[HH].[HH]. The van der Waals surface area contributed by atoms with Gasteiger partial charge in [0.1, 0.15) is 0 Å². The van der Waals surface area contributed by atoms with Crippen LogP contribution in [0.15, 0.2) is 30.7 Å². The molecule has 0 bridgehead atoms. The summed E-state index contributed by atoms with van der Waals surface area (Å²) < 4.78 is 42.3. The van der Waals surface area contributed by atoms with E-state index in [4.69, 9.17) is 0 Å². The van der Waals surface area contributed by atoms with Gasteiger partial charge in [0.25, 0.3) is 5.92 Å². The molecular formula is C20H22F3N5. The number of hydrogen-bond acceptors (Lipinski definition) is 4. The number of hydrogen-bond donors (Lipinski definition) is 1. The van der Waals surface area contributed by atoms with E-state index in [1.165, 1.54) is 6.07 Å². The summed E-state index contributed by atoms with van der Waals surface area (Å²) >= 11 is 0. The summed E-state index contributed by atoms with van der Waals surface area (Å²) in [6.45, 7) is 1.87. The van der Waals surface area contributed by atoms with Gasteiger partial charge in [-0.3, -0.25) is 0 Å². The molecule has 8 heteroatoms. The molecule has 3 aromatic heterocycles. The Morgan fingerprint density at radius 3 is 2.86 bits per heavy atom. The zero-order valence-corrected chi connectivity index (χ0v) is 15.2. The average molecular weight is 389 g/mol. The molecule has 0 unspecified atom stereocenters. The van der Waals surface area contributed by atoms with Crippen molar-refractivity contribution in [2.24, 2.45) is 0 Å². The number of aromatic nitrogens is 4. The predicted octanol–water partition coefficient (Wildman–Crippen LogP) is 4.65. The summed E-state index contributed by atoms with van der Waals surface area (Å²) in [5.41, 5.74) is 4.43. The maximum absolute atomic E-state index is 14.5. The number of allylic oxidation sites excluding steroid dienone is 1. The van der Waals surface area contributed by atoms with Crippen molar-refractivity contribution in [3.63, 3.8) is 0 Å². The van der Waals surface area contributed by atoms with E-state index in [0.717, 1.165) is 40.9 Å². The summed E-state index contributed by atoms with van der Waals surface area (Å²) in [7, 11) is 0. The molecule has 2 aliphatic carbocycles. The minimum atomic E-state index is -2.59. The van der Waals surface area contributed by atoms with Gasteiger partial charge < -0.3 is 9.72 Å². The number of anilines is 1. The third-order valence-corrected chi connectivity index (χ3v) is 5.37. The molecule has 1 fully saturated rings. The molecule has 148 valence electrons. The van der Waals surface area contributed by atoms with Crippen LogP contribution in [0, 0.1) is 12.7 Å². The zero-order chi connectivity index (χ0) is 19.5. The molecule has 0 spiro atoms. The minimum absolute atomic E-state index is 0. The van der Waals surface area contributed by atoms with Crippen molar-refractivity contribution < 1.29 is 16.0 Å². The van der Waals surface area contributed by atoms with Gasteiger partial charge in [-0.25, -0.2) is 28.1 Å². The fourth-order valence-corrected chi connectivity index (χ4v) is 3.90. The number of rotatable bonds is 3. The van der Waals surface area contributed by atoms with Gasteiger partial charge in [-0.1, -0.05) is 6.08 Å². The van der Waals surface area contributed by atoms with Crippen molar-refractivity contribution in [2.75, 3.05) is 5.32 Å². The summed E-state index contributed by atoms with van der Waals surface area (Å²) in [6.07, 6.45) is 8.35. The number of nitrogens with one attached hydrogen (secondary N) is 1. The third kappa shape index (κ3) is 2.83. The van der Waals surface area contributed by atoms with E-state index in [2.05, 4.69) is 26.3 Å². The summed E-state index contributed by atoms with van der Waals surface area (Å²) in [5, 5.41) is 2.98. The van der Waals surface area contributed by atoms with Crippen molar-refractivity contribution in [3.8, 4) is 0 Å². The smallest absolute Gasteiger partial charge is 0.252 e. The first-order valence-electron chi connectivity index (χ1n) is 9.24. The van der Waals surface area contributed by atoms with E-state index >= 15 is 0 Å². The average Bonchev–Trinajstić information content (AvgIpc) is 3.01. The van der Waals surface area contributed by atoms with Crippen molar-refractivity contribution in [1.82, 2.24) is 19.4 Å². The lowest BCUT2D eigenvalue weighted by Gasteiger charge is -2.35. The molecule has 3 aromatic rings. The fraction of sp³-hybridized carbons (Fsp3) is 0.350. The molecule has 0 aromatic carbocycles. The molecular weight excluding hydrogens is 367 g/mol. The molecule has 2 aliphatic rings. The van der Waals surface area contributed by atoms with Gasteiger partial charge in [-0.15, -0.1) is 0 Å². The largest absolute Gasteiger partial charge is 0.351 e. The van der Waals surface area contributed by atoms with Crippen LogP contribution in [0.5, 0.6) is 0 Å². The topological polar surface area (TPSA) is 55.1 Å². The van der Waals surface area contributed by atoms with E-state index < -0.39 is 5.92 Å². The Bertz CT molecular complexity index is 1120. The maximum Gasteiger partial charge on any atom is 0.252 e. The van der Waals surface area contributed by atoms with Crippen LogP contribution in [0.25, 0.3) is 11.2 Å². The number of halogens is 3. The van der Waals surface area contributed by atoms with E-state index in [9.17, 15) is 13.2 Å². The van der Waals surface area contributed by atoms with Crippen molar-refractivity contribution in [2.45, 2.75) is 44.6 Å². The van der Waals surface area contributed by atoms with Crippen molar-refractivity contribution in [1.29, 1.82) is 0 Å². The number of aryl methyl sites for hydroxylation is 2. The van der Waals surface area contributed by atoms with Gasteiger partial charge in [-0.2, -0.15) is 0 Å². The Morgan fingerprint density at radius 2 is 2.07 bits per heavy atom. The predicted molar refractivity (Wildman–Crippen MR) is 103 cm³/mol. The van der Waals surface area contributed by atoms with Crippen LogP contribution in [-0.2, 0) is 6.42 Å². The van der Waals surface area contributed by atoms with E-state index in [0.29, 0.717) is 11.6 Å². The van der Waals surface area contributed by atoms with Gasteiger partial charge in [0.05, 0.1) is 5.69 Å². The Labute approximate surface area is 162 Å². The van der Waals surface area contributed by atoms with Crippen LogP contribution >= 0.6 is 0 Å². The standard InChI is InChI=1S/C20H18F3N5.2H2/c1-11-8-24-18-16(21)5-12(10-28(11)18)14-3-2-4-17-15(14)9-25-19(27-17)26-13-6-20(22,23)7-13;;/h3,5,8-10,13H,2,4,6-7H2,1H3,(H,25,26,27);2*1H. The van der Waals surface area contributed by atoms with Gasteiger partial charge in [0.2, 0.25) is 5.95 Å². The Balaban J connectivity index is 0.00000128. The van der Waals surface area contributed by atoms with Gasteiger partial charge in [0.15, 0.2) is 11.5 Å². The normalized spacial score (nSPS) is 18.5. The summed E-state index contributed by atoms with van der Waals surface area (Å²) in [6, 6.07) is 1.18. The molecule has 5 rings (SSSR count). The van der Waals surface area contributed by atoms with Crippen LogP contribution in [0.1, 0.15) is 44.6 Å². The number of alkyl halides is 2. The monoisotopic (exact) mass is 389 g/mol. The van der Waals surface area contributed by atoms with Gasteiger partial charge >= 0.3 is 0 Å². The highest BCUT2D eigenvalue weighted by Gasteiger charge is 2.45. The van der Waals surface area contributed by atoms with Crippen LogP contribution < -0.4 is 5.32 Å². The van der Waals surface area contributed by atoms with Crippen molar-refractivity contribution >= 4 is 17.2 Å². The molecule has 1 saturated carbocycles. The van der Waals surface area contributed by atoms with Crippen molar-refractivity contribution in [3.05, 3.63) is 59.1 Å². The fourth-order valence-electron chi connectivity index (χ4n) is 3.90. The number of imidazole rings is 1. The molecule has 0 saturated heterocycles. The van der Waals surface area contributed by atoms with Crippen LogP contribution in [-0.4, -0.2) is 31.3 Å². The van der Waals surface area contributed by atoms with E-state index in [1.807, 2.05) is 13.1 Å². The van der Waals surface area contributed by atoms with E-state index in [1.54, 1.807) is 16.8 Å². The molecule has 0 amide bonds. The number of nitrogens with zero attached hydrogens (tertiary/aromatic N) is 4. The second-order valence-corrected chi connectivity index (χ2v) is 7.49. The lowest BCUT2D eigenvalue weighted by molar-refractivity contribution is -0.0794. The van der Waals surface area contributed by atoms with E-state index in [-0.39, 0.29) is 27.6 Å². The molecule has 0 radical (unpaired) electrons. The number of fused-ring (bicyclic) bond motifs is 2. The van der Waals surface area contributed by atoms with Crippen LogP contribution in [0.3, 0.4) is 0 Å². The van der Waals surface area contributed by atoms with Gasteiger partial charge in [0, 0.05) is 57.1 Å². The lowest BCUT2D eigenvalue weighted by atomic mass is 9.88. The minimum Gasteiger partial charge on any atom is -0.351 e. The molecule has 0 aliphatic heterocycles. The molecule has 1 N–H and O–H groups in total. The molecule has 3 heterocycles. The molecule has 0 atom stereocenters. The first-order valence-corrected chi connectivity index (χ1v) is 9.24.